The molecule has 0 spiro atoms. The monoisotopic (exact) mass is 370 g/mol. The lowest BCUT2D eigenvalue weighted by atomic mass is 10.3. The molecule has 0 saturated carbocycles. The third kappa shape index (κ3) is 2.82. The summed E-state index contributed by atoms with van der Waals surface area (Å²) in [5.74, 6) is -0.0913. The van der Waals surface area contributed by atoms with Crippen molar-refractivity contribution < 1.29 is 4.79 Å². The van der Waals surface area contributed by atoms with Crippen LogP contribution < -0.4 is 4.90 Å². The van der Waals surface area contributed by atoms with E-state index in [2.05, 4.69) is 4.98 Å². The average molecular weight is 371 g/mol. The van der Waals surface area contributed by atoms with E-state index < -0.39 is 0 Å². The largest absolute Gasteiger partial charge is 0.274 e. The smallest absolute Gasteiger partial charge is 0.267 e. The van der Waals surface area contributed by atoms with Gasteiger partial charge in [-0.15, -0.1) is 11.3 Å². The van der Waals surface area contributed by atoms with Crippen LogP contribution in [0.2, 0.25) is 5.02 Å². The second kappa shape index (κ2) is 6.36. The molecule has 0 aliphatic carbocycles. The fourth-order valence-electron chi connectivity index (χ4n) is 2.37. The topological polar surface area (TPSA) is 33.2 Å². The minimum Gasteiger partial charge on any atom is -0.267 e. The number of thiophene rings is 1. The van der Waals surface area contributed by atoms with Crippen LogP contribution in [0.25, 0.3) is 10.2 Å². The lowest BCUT2D eigenvalue weighted by Crippen LogP contribution is -2.24. The quantitative estimate of drug-likeness (QED) is 0.443. The third-order valence-corrected chi connectivity index (χ3v) is 5.63. The van der Waals surface area contributed by atoms with Crippen molar-refractivity contribution in [2.45, 2.75) is 0 Å². The van der Waals surface area contributed by atoms with E-state index in [1.807, 2.05) is 53.9 Å². The molecular weight excluding hydrogens is 360 g/mol. The summed E-state index contributed by atoms with van der Waals surface area (Å²) < 4.78 is 1.05. The van der Waals surface area contributed by atoms with Crippen molar-refractivity contribution in [3.63, 3.8) is 0 Å². The molecule has 24 heavy (non-hydrogen) atoms. The Labute approximate surface area is 151 Å². The molecule has 2 heterocycles. The van der Waals surface area contributed by atoms with E-state index in [0.29, 0.717) is 15.0 Å². The van der Waals surface area contributed by atoms with E-state index in [1.165, 1.54) is 22.7 Å². The van der Waals surface area contributed by atoms with Crippen LogP contribution in [0, 0.1) is 0 Å². The van der Waals surface area contributed by atoms with Crippen LogP contribution in [0.4, 0.5) is 10.8 Å². The zero-order chi connectivity index (χ0) is 16.5. The first-order valence-corrected chi connectivity index (χ1v) is 9.29. The molecule has 0 unspecified atom stereocenters. The summed E-state index contributed by atoms with van der Waals surface area (Å²) >= 11 is 8.91. The summed E-state index contributed by atoms with van der Waals surface area (Å²) in [6, 6.07) is 18.8. The summed E-state index contributed by atoms with van der Waals surface area (Å²) in [6.45, 7) is 0. The average Bonchev–Trinajstić information content (AvgIpc) is 3.26. The predicted octanol–water partition coefficient (Wildman–Crippen LogP) is 5.99. The fourth-order valence-corrected chi connectivity index (χ4v) is 4.13. The van der Waals surface area contributed by atoms with E-state index in [0.717, 1.165) is 15.9 Å². The molecule has 0 aliphatic heterocycles. The Balaban J connectivity index is 1.86. The molecule has 6 heteroatoms. The number of nitrogens with zero attached hydrogens (tertiary/aromatic N) is 2. The normalized spacial score (nSPS) is 10.9. The van der Waals surface area contributed by atoms with Gasteiger partial charge < -0.3 is 0 Å². The molecule has 2 aromatic heterocycles. The van der Waals surface area contributed by atoms with Crippen molar-refractivity contribution in [3.05, 3.63) is 75.9 Å². The van der Waals surface area contributed by atoms with Gasteiger partial charge in [-0.1, -0.05) is 41.1 Å². The molecule has 1 amide bonds. The second-order valence-corrected chi connectivity index (χ2v) is 7.45. The van der Waals surface area contributed by atoms with Gasteiger partial charge in [0.15, 0.2) is 5.13 Å². The number of hydrogen-bond donors (Lipinski definition) is 0. The number of amides is 1. The molecule has 4 rings (SSSR count). The maximum Gasteiger partial charge on any atom is 0.274 e. The van der Waals surface area contributed by atoms with Crippen molar-refractivity contribution in [2.75, 3.05) is 4.90 Å². The van der Waals surface area contributed by atoms with Crippen LogP contribution in [0.3, 0.4) is 0 Å². The Morgan fingerprint density at radius 1 is 1.00 bits per heavy atom. The maximum atomic E-state index is 13.0. The second-order valence-electron chi connectivity index (χ2n) is 5.06. The predicted molar refractivity (Wildman–Crippen MR) is 102 cm³/mol. The highest BCUT2D eigenvalue weighted by Gasteiger charge is 2.23. The van der Waals surface area contributed by atoms with Gasteiger partial charge in [-0.05, 0) is 47.8 Å². The molecule has 0 aliphatic rings. The summed E-state index contributed by atoms with van der Waals surface area (Å²) in [5, 5.41) is 3.18. The van der Waals surface area contributed by atoms with Crippen molar-refractivity contribution in [2.24, 2.45) is 0 Å². The van der Waals surface area contributed by atoms with Crippen molar-refractivity contribution in [3.8, 4) is 0 Å². The Hall–Kier alpha value is -2.21. The van der Waals surface area contributed by atoms with Crippen molar-refractivity contribution in [1.82, 2.24) is 4.98 Å². The lowest BCUT2D eigenvalue weighted by Gasteiger charge is -2.19. The number of rotatable bonds is 3. The molecule has 4 aromatic rings. The van der Waals surface area contributed by atoms with Crippen LogP contribution in [-0.2, 0) is 0 Å². The lowest BCUT2D eigenvalue weighted by molar-refractivity contribution is 0.100. The number of halogens is 1. The van der Waals surface area contributed by atoms with E-state index in [4.69, 9.17) is 11.6 Å². The van der Waals surface area contributed by atoms with Crippen LogP contribution in [-0.4, -0.2) is 10.9 Å². The molecule has 2 aromatic carbocycles. The van der Waals surface area contributed by atoms with E-state index in [1.54, 1.807) is 17.0 Å². The molecule has 118 valence electrons. The number of carbonyl (C=O) groups is 1. The minimum absolute atomic E-state index is 0.0913. The maximum absolute atomic E-state index is 13.0. The molecule has 0 atom stereocenters. The van der Waals surface area contributed by atoms with Gasteiger partial charge in [0.25, 0.3) is 5.91 Å². The van der Waals surface area contributed by atoms with Gasteiger partial charge in [0.05, 0.1) is 20.8 Å². The van der Waals surface area contributed by atoms with Crippen LogP contribution in [0.15, 0.2) is 66.0 Å². The number of hydrogen-bond acceptors (Lipinski definition) is 4. The van der Waals surface area contributed by atoms with Gasteiger partial charge in [-0.25, -0.2) is 4.98 Å². The number of aromatic nitrogens is 1. The van der Waals surface area contributed by atoms with E-state index in [-0.39, 0.29) is 5.91 Å². The van der Waals surface area contributed by atoms with E-state index >= 15 is 0 Å². The molecular formula is C18H11ClN2OS2. The highest BCUT2D eigenvalue weighted by molar-refractivity contribution is 7.22. The van der Waals surface area contributed by atoms with E-state index in [9.17, 15) is 4.79 Å². The molecule has 0 saturated heterocycles. The zero-order valence-electron chi connectivity index (χ0n) is 12.3. The Kier molecular flexibility index (Phi) is 4.06. The summed E-state index contributed by atoms with van der Waals surface area (Å²) in [4.78, 5) is 20.0. The summed E-state index contributed by atoms with van der Waals surface area (Å²) in [6.07, 6.45) is 0. The molecule has 0 bridgehead atoms. The minimum atomic E-state index is -0.0913. The molecule has 0 fully saturated rings. The number of thiazole rings is 1. The zero-order valence-corrected chi connectivity index (χ0v) is 14.7. The number of benzene rings is 2. The Morgan fingerprint density at radius 3 is 2.50 bits per heavy atom. The van der Waals surface area contributed by atoms with Gasteiger partial charge in [0.2, 0.25) is 0 Å². The molecule has 0 radical (unpaired) electrons. The van der Waals surface area contributed by atoms with Gasteiger partial charge in [0, 0.05) is 5.02 Å². The fraction of sp³-hybridized carbons (Fsp3) is 0. The van der Waals surface area contributed by atoms with Gasteiger partial charge in [0.1, 0.15) is 0 Å². The van der Waals surface area contributed by atoms with Gasteiger partial charge in [-0.3, -0.25) is 9.69 Å². The molecule has 3 nitrogen and oxygen atoms in total. The van der Waals surface area contributed by atoms with Crippen molar-refractivity contribution in [1.29, 1.82) is 0 Å². The SMILES string of the molecule is O=C(c1cccs1)N(c1ccc(Cl)cc1)c1nc2ccccc2s1. The Bertz CT molecular complexity index is 960. The summed E-state index contributed by atoms with van der Waals surface area (Å²) in [5.41, 5.74) is 1.63. The standard InChI is InChI=1S/C18H11ClN2OS2/c19-12-7-9-13(10-8-12)21(17(22)16-6-3-11-23-16)18-20-14-4-1-2-5-15(14)24-18/h1-11H. The first-order valence-electron chi connectivity index (χ1n) is 7.21. The Morgan fingerprint density at radius 2 is 1.79 bits per heavy atom. The number of fused-ring (bicyclic) bond motifs is 1. The highest BCUT2D eigenvalue weighted by Crippen LogP contribution is 2.35. The molecule has 0 N–H and O–H groups in total. The first-order chi connectivity index (χ1) is 11.7. The number of para-hydroxylation sites is 1. The van der Waals surface area contributed by atoms with Crippen LogP contribution in [0.1, 0.15) is 9.67 Å². The third-order valence-electron chi connectivity index (χ3n) is 3.49. The first kappa shape index (κ1) is 15.3. The highest BCUT2D eigenvalue weighted by atomic mass is 35.5. The van der Waals surface area contributed by atoms with Gasteiger partial charge in [-0.2, -0.15) is 0 Å². The van der Waals surface area contributed by atoms with Crippen LogP contribution >= 0.6 is 34.3 Å². The van der Waals surface area contributed by atoms with Crippen LogP contribution in [0.5, 0.6) is 0 Å². The van der Waals surface area contributed by atoms with Gasteiger partial charge >= 0.3 is 0 Å². The van der Waals surface area contributed by atoms with Crippen molar-refractivity contribution >= 4 is 61.2 Å². The number of anilines is 2. The summed E-state index contributed by atoms with van der Waals surface area (Å²) in [7, 11) is 0. The number of carbonyl (C=O) groups excluding carboxylic acids is 1.